The van der Waals surface area contributed by atoms with Gasteiger partial charge in [0.2, 0.25) is 0 Å². The normalized spacial score (nSPS) is 21.4. The Balaban J connectivity index is 1.96. The van der Waals surface area contributed by atoms with Crippen LogP contribution in [0.5, 0.6) is 5.75 Å². The molecular weight excluding hydrogens is 246 g/mol. The van der Waals surface area contributed by atoms with Crippen molar-refractivity contribution in [1.82, 2.24) is 0 Å². The van der Waals surface area contributed by atoms with Crippen LogP contribution in [0.15, 0.2) is 24.3 Å². The molecule has 1 aromatic carbocycles. The lowest BCUT2D eigenvalue weighted by atomic mass is 9.96. The van der Waals surface area contributed by atoms with Crippen LogP contribution in [0.25, 0.3) is 0 Å². The maximum atomic E-state index is 11.9. The van der Waals surface area contributed by atoms with Crippen LogP contribution < -0.4 is 10.1 Å². The Bertz CT molecular complexity index is 405. The maximum Gasteiger partial charge on any atom is 0.139 e. The van der Waals surface area contributed by atoms with Gasteiger partial charge in [0.1, 0.15) is 11.5 Å². The molecule has 0 aliphatic carbocycles. The molecule has 1 saturated heterocycles. The summed E-state index contributed by atoms with van der Waals surface area (Å²) in [6, 6.07) is 7.99. The highest BCUT2D eigenvalue weighted by atomic mass is 32.2. The molecule has 98 valence electrons. The predicted octanol–water partition coefficient (Wildman–Crippen LogP) is 2.82. The molecule has 0 radical (unpaired) electrons. The summed E-state index contributed by atoms with van der Waals surface area (Å²) < 4.78 is 5.12. The number of ether oxygens (including phenoxy) is 1. The highest BCUT2D eigenvalue weighted by molar-refractivity contribution is 7.99. The molecule has 0 aromatic heterocycles. The molecule has 2 rings (SSSR count). The third kappa shape index (κ3) is 3.19. The molecular formula is C14H19NO2S. The lowest BCUT2D eigenvalue weighted by Crippen LogP contribution is -2.36. The molecule has 0 bridgehead atoms. The van der Waals surface area contributed by atoms with Crippen LogP contribution in [0.1, 0.15) is 13.3 Å². The number of benzene rings is 1. The molecule has 4 heteroatoms. The third-order valence-electron chi connectivity index (χ3n) is 3.29. The average molecular weight is 265 g/mol. The molecule has 1 N–H and O–H groups in total. The van der Waals surface area contributed by atoms with Crippen molar-refractivity contribution in [3.63, 3.8) is 0 Å². The highest BCUT2D eigenvalue weighted by Crippen LogP contribution is 2.25. The first-order valence-corrected chi connectivity index (χ1v) is 7.37. The van der Waals surface area contributed by atoms with Gasteiger partial charge in [-0.3, -0.25) is 4.79 Å². The number of thioether (sulfide) groups is 1. The van der Waals surface area contributed by atoms with Gasteiger partial charge in [0, 0.05) is 35.6 Å². The molecule has 0 spiro atoms. The van der Waals surface area contributed by atoms with Crippen molar-refractivity contribution in [3.05, 3.63) is 24.3 Å². The number of carbonyl (C=O) groups excluding carboxylic acids is 1. The quantitative estimate of drug-likeness (QED) is 0.908. The SMILES string of the molecule is COc1ccc(NC(C)C2CSCCC2=O)cc1. The zero-order chi connectivity index (χ0) is 13.0. The molecule has 1 heterocycles. The van der Waals surface area contributed by atoms with Crippen LogP contribution in [0.2, 0.25) is 0 Å². The lowest BCUT2D eigenvalue weighted by Gasteiger charge is -2.27. The number of hydrogen-bond acceptors (Lipinski definition) is 4. The largest absolute Gasteiger partial charge is 0.497 e. The average Bonchev–Trinajstić information content (AvgIpc) is 2.40. The maximum absolute atomic E-state index is 11.9. The molecule has 1 aliphatic heterocycles. The third-order valence-corrected chi connectivity index (χ3v) is 4.38. The summed E-state index contributed by atoms with van der Waals surface area (Å²) in [6.07, 6.45) is 0.712. The first-order valence-electron chi connectivity index (χ1n) is 6.22. The zero-order valence-electron chi connectivity index (χ0n) is 10.8. The second-order valence-electron chi connectivity index (χ2n) is 4.56. The summed E-state index contributed by atoms with van der Waals surface area (Å²) in [7, 11) is 1.66. The van der Waals surface area contributed by atoms with Crippen molar-refractivity contribution in [2.75, 3.05) is 23.9 Å². The van der Waals surface area contributed by atoms with Gasteiger partial charge in [-0.25, -0.2) is 0 Å². The number of methoxy groups -OCH3 is 1. The standard InChI is InChI=1S/C14H19NO2S/c1-10(13-9-18-8-7-14(13)16)15-11-3-5-12(17-2)6-4-11/h3-6,10,13,15H,7-9H2,1-2H3. The van der Waals surface area contributed by atoms with E-state index in [1.807, 2.05) is 36.0 Å². The second kappa shape index (κ2) is 6.14. The van der Waals surface area contributed by atoms with Gasteiger partial charge in [0.25, 0.3) is 0 Å². The van der Waals surface area contributed by atoms with Crippen LogP contribution in [0.3, 0.4) is 0 Å². The molecule has 3 nitrogen and oxygen atoms in total. The lowest BCUT2D eigenvalue weighted by molar-refractivity contribution is -0.122. The van der Waals surface area contributed by atoms with E-state index in [0.717, 1.165) is 22.9 Å². The Hall–Kier alpha value is -1.16. The van der Waals surface area contributed by atoms with E-state index < -0.39 is 0 Å². The van der Waals surface area contributed by atoms with E-state index in [4.69, 9.17) is 4.74 Å². The first-order chi connectivity index (χ1) is 8.70. The van der Waals surface area contributed by atoms with Gasteiger partial charge < -0.3 is 10.1 Å². The predicted molar refractivity (Wildman–Crippen MR) is 76.5 cm³/mol. The van der Waals surface area contributed by atoms with Gasteiger partial charge in [0.15, 0.2) is 0 Å². The minimum Gasteiger partial charge on any atom is -0.497 e. The van der Waals surface area contributed by atoms with Gasteiger partial charge in [0.05, 0.1) is 7.11 Å². The monoisotopic (exact) mass is 265 g/mol. The van der Waals surface area contributed by atoms with E-state index in [-0.39, 0.29) is 12.0 Å². The topological polar surface area (TPSA) is 38.3 Å². The van der Waals surface area contributed by atoms with E-state index in [1.165, 1.54) is 0 Å². The summed E-state index contributed by atoms with van der Waals surface area (Å²) in [5.41, 5.74) is 1.03. The second-order valence-corrected chi connectivity index (χ2v) is 5.71. The van der Waals surface area contributed by atoms with E-state index in [1.54, 1.807) is 7.11 Å². The molecule has 1 fully saturated rings. The summed E-state index contributed by atoms with van der Waals surface area (Å²) >= 11 is 1.87. The number of ketones is 1. The zero-order valence-corrected chi connectivity index (χ0v) is 11.6. The first kappa shape index (κ1) is 13.3. The van der Waals surface area contributed by atoms with E-state index in [2.05, 4.69) is 12.2 Å². The Morgan fingerprint density at radius 1 is 1.39 bits per heavy atom. The number of rotatable bonds is 4. The van der Waals surface area contributed by atoms with Gasteiger partial charge in [-0.05, 0) is 31.2 Å². The number of anilines is 1. The van der Waals surface area contributed by atoms with Crippen molar-refractivity contribution in [1.29, 1.82) is 0 Å². The van der Waals surface area contributed by atoms with E-state index in [0.29, 0.717) is 12.2 Å². The molecule has 1 aromatic rings. The smallest absolute Gasteiger partial charge is 0.139 e. The fraction of sp³-hybridized carbons (Fsp3) is 0.500. The summed E-state index contributed by atoms with van der Waals surface area (Å²) in [5.74, 6) is 3.28. The van der Waals surface area contributed by atoms with Crippen LogP contribution in [-0.4, -0.2) is 30.4 Å². The van der Waals surface area contributed by atoms with Crippen LogP contribution in [0, 0.1) is 5.92 Å². The molecule has 1 aliphatic rings. The van der Waals surface area contributed by atoms with Crippen LogP contribution >= 0.6 is 11.8 Å². The van der Waals surface area contributed by atoms with Gasteiger partial charge >= 0.3 is 0 Å². The fourth-order valence-corrected chi connectivity index (χ4v) is 3.38. The minimum absolute atomic E-state index is 0.130. The number of carbonyl (C=O) groups is 1. The van der Waals surface area contributed by atoms with Crippen molar-refractivity contribution in [2.24, 2.45) is 5.92 Å². The van der Waals surface area contributed by atoms with Crippen molar-refractivity contribution < 1.29 is 9.53 Å². The number of hydrogen-bond donors (Lipinski definition) is 1. The molecule has 0 amide bonds. The fourth-order valence-electron chi connectivity index (χ4n) is 2.14. The molecule has 2 unspecified atom stereocenters. The van der Waals surface area contributed by atoms with Crippen molar-refractivity contribution in [2.45, 2.75) is 19.4 Å². The minimum atomic E-state index is 0.130. The molecule has 0 saturated carbocycles. The Kier molecular flexibility index (Phi) is 4.53. The van der Waals surface area contributed by atoms with E-state index >= 15 is 0 Å². The van der Waals surface area contributed by atoms with Gasteiger partial charge in [-0.2, -0.15) is 11.8 Å². The Labute approximate surface area is 112 Å². The van der Waals surface area contributed by atoms with Crippen molar-refractivity contribution in [3.8, 4) is 5.75 Å². The number of Topliss-reactive ketones (excluding diaryl/α,β-unsaturated/α-hetero) is 1. The molecule has 18 heavy (non-hydrogen) atoms. The van der Waals surface area contributed by atoms with E-state index in [9.17, 15) is 4.79 Å². The van der Waals surface area contributed by atoms with Crippen molar-refractivity contribution >= 4 is 23.2 Å². The highest BCUT2D eigenvalue weighted by Gasteiger charge is 2.27. The summed E-state index contributed by atoms with van der Waals surface area (Å²) in [4.78, 5) is 11.9. The molecule has 2 atom stereocenters. The Morgan fingerprint density at radius 3 is 2.72 bits per heavy atom. The van der Waals surface area contributed by atoms with Crippen LogP contribution in [-0.2, 0) is 4.79 Å². The summed E-state index contributed by atoms with van der Waals surface area (Å²) in [6.45, 7) is 2.08. The van der Waals surface area contributed by atoms with Gasteiger partial charge in [-0.1, -0.05) is 0 Å². The number of nitrogens with one attached hydrogen (secondary N) is 1. The Morgan fingerprint density at radius 2 is 2.11 bits per heavy atom. The summed E-state index contributed by atoms with van der Waals surface area (Å²) in [5, 5.41) is 3.40. The van der Waals surface area contributed by atoms with Gasteiger partial charge in [-0.15, -0.1) is 0 Å². The van der Waals surface area contributed by atoms with Crippen LogP contribution in [0.4, 0.5) is 5.69 Å².